The highest BCUT2D eigenvalue weighted by Gasteiger charge is 2.17. The van der Waals surface area contributed by atoms with Crippen molar-refractivity contribution in [3.63, 3.8) is 0 Å². The Morgan fingerprint density at radius 1 is 0.960 bits per heavy atom. The van der Waals surface area contributed by atoms with E-state index in [9.17, 15) is 13.2 Å². The predicted octanol–water partition coefficient (Wildman–Crippen LogP) is 2.72. The summed E-state index contributed by atoms with van der Waals surface area (Å²) in [7, 11) is -3.65. The minimum absolute atomic E-state index is 0.0283. The number of anilines is 2. The molecule has 2 rings (SSSR count). The van der Waals surface area contributed by atoms with Gasteiger partial charge in [-0.3, -0.25) is 9.52 Å². The molecule has 0 aromatic heterocycles. The number of hydrogen-bond acceptors (Lipinski definition) is 4. The molecule has 1 amide bonds. The van der Waals surface area contributed by atoms with Gasteiger partial charge in [0.25, 0.3) is 10.0 Å². The standard InChI is InChI=1S/C18H23N3O3S/c1-12(2)17(19)18(22)20-14-6-8-15(9-7-14)21-25(23,24)16-10-4-13(3)5-11-16/h4-12,17,21H,19H2,1-3H3,(H,20,22)/t17-/m0/s1. The van der Waals surface area contributed by atoms with Crippen LogP contribution in [0.3, 0.4) is 0 Å². The van der Waals surface area contributed by atoms with Crippen molar-refractivity contribution < 1.29 is 13.2 Å². The van der Waals surface area contributed by atoms with Crippen molar-refractivity contribution in [3.05, 3.63) is 54.1 Å². The summed E-state index contributed by atoms with van der Waals surface area (Å²) in [5, 5.41) is 2.71. The largest absolute Gasteiger partial charge is 0.325 e. The molecule has 0 spiro atoms. The first kappa shape index (κ1) is 19.0. The molecular formula is C18H23N3O3S. The fourth-order valence-electron chi connectivity index (χ4n) is 2.08. The quantitative estimate of drug-likeness (QED) is 0.736. The number of hydrogen-bond donors (Lipinski definition) is 3. The molecule has 0 aliphatic carbocycles. The molecule has 2 aromatic carbocycles. The lowest BCUT2D eigenvalue weighted by Crippen LogP contribution is -2.39. The van der Waals surface area contributed by atoms with Gasteiger partial charge in [0, 0.05) is 11.4 Å². The molecule has 6 nitrogen and oxygen atoms in total. The van der Waals surface area contributed by atoms with Crippen LogP contribution in [0.4, 0.5) is 11.4 Å². The van der Waals surface area contributed by atoms with Crippen LogP contribution >= 0.6 is 0 Å². The van der Waals surface area contributed by atoms with Gasteiger partial charge < -0.3 is 11.1 Å². The zero-order chi connectivity index (χ0) is 18.6. The Labute approximate surface area is 148 Å². The maximum atomic E-state index is 12.3. The van der Waals surface area contributed by atoms with E-state index in [1.54, 1.807) is 48.5 Å². The third-order valence-corrected chi connectivity index (χ3v) is 5.15. The Kier molecular flexibility index (Phi) is 5.81. The van der Waals surface area contributed by atoms with Crippen molar-refractivity contribution in [1.29, 1.82) is 0 Å². The Morgan fingerprint density at radius 3 is 2.00 bits per heavy atom. The second kappa shape index (κ2) is 7.67. The first-order valence-corrected chi connectivity index (χ1v) is 9.43. The van der Waals surface area contributed by atoms with Gasteiger partial charge in [-0.2, -0.15) is 0 Å². The van der Waals surface area contributed by atoms with Crippen LogP contribution in [0.5, 0.6) is 0 Å². The Bertz CT molecular complexity index is 829. The number of benzene rings is 2. The SMILES string of the molecule is Cc1ccc(S(=O)(=O)Nc2ccc(NC(=O)[C@@H](N)C(C)C)cc2)cc1. The fourth-order valence-corrected chi connectivity index (χ4v) is 3.14. The van der Waals surface area contributed by atoms with E-state index in [1.165, 1.54) is 0 Å². The maximum Gasteiger partial charge on any atom is 0.261 e. The van der Waals surface area contributed by atoms with E-state index in [1.807, 2.05) is 20.8 Å². The third kappa shape index (κ3) is 5.04. The van der Waals surface area contributed by atoms with Gasteiger partial charge in [-0.05, 0) is 49.2 Å². The van der Waals surface area contributed by atoms with Crippen LogP contribution in [0.15, 0.2) is 53.4 Å². The van der Waals surface area contributed by atoms with Crippen LogP contribution in [0.25, 0.3) is 0 Å². The van der Waals surface area contributed by atoms with Crippen molar-refractivity contribution in [3.8, 4) is 0 Å². The molecule has 0 saturated heterocycles. The molecule has 4 N–H and O–H groups in total. The number of amides is 1. The zero-order valence-electron chi connectivity index (χ0n) is 14.5. The molecular weight excluding hydrogens is 338 g/mol. The molecule has 0 heterocycles. The summed E-state index contributed by atoms with van der Waals surface area (Å²) >= 11 is 0. The van der Waals surface area contributed by atoms with E-state index in [0.29, 0.717) is 11.4 Å². The molecule has 0 aliphatic heterocycles. The van der Waals surface area contributed by atoms with Crippen molar-refractivity contribution in [2.75, 3.05) is 10.0 Å². The molecule has 7 heteroatoms. The number of carbonyl (C=O) groups is 1. The highest BCUT2D eigenvalue weighted by Crippen LogP contribution is 2.19. The zero-order valence-corrected chi connectivity index (χ0v) is 15.3. The van der Waals surface area contributed by atoms with Crippen LogP contribution in [0.1, 0.15) is 19.4 Å². The lowest BCUT2D eigenvalue weighted by Gasteiger charge is -2.15. The molecule has 0 fully saturated rings. The fraction of sp³-hybridized carbons (Fsp3) is 0.278. The van der Waals surface area contributed by atoms with Crippen molar-refractivity contribution in [2.24, 2.45) is 11.7 Å². The molecule has 0 radical (unpaired) electrons. The summed E-state index contributed by atoms with van der Waals surface area (Å²) in [6, 6.07) is 12.4. The summed E-state index contributed by atoms with van der Waals surface area (Å²) in [4.78, 5) is 12.1. The van der Waals surface area contributed by atoms with Gasteiger partial charge in [0.1, 0.15) is 0 Å². The van der Waals surface area contributed by atoms with E-state index in [2.05, 4.69) is 10.0 Å². The highest BCUT2D eigenvalue weighted by molar-refractivity contribution is 7.92. The van der Waals surface area contributed by atoms with E-state index >= 15 is 0 Å². The number of aryl methyl sites for hydroxylation is 1. The van der Waals surface area contributed by atoms with Crippen molar-refractivity contribution in [2.45, 2.75) is 31.7 Å². The van der Waals surface area contributed by atoms with Crippen LogP contribution in [0.2, 0.25) is 0 Å². The lowest BCUT2D eigenvalue weighted by molar-refractivity contribution is -0.118. The van der Waals surface area contributed by atoms with Crippen molar-refractivity contribution >= 4 is 27.3 Å². The van der Waals surface area contributed by atoms with E-state index in [0.717, 1.165) is 5.56 Å². The lowest BCUT2D eigenvalue weighted by atomic mass is 10.0. The van der Waals surface area contributed by atoms with Crippen LogP contribution in [-0.2, 0) is 14.8 Å². The average molecular weight is 361 g/mol. The number of rotatable bonds is 6. The Morgan fingerprint density at radius 2 is 1.48 bits per heavy atom. The van der Waals surface area contributed by atoms with Gasteiger partial charge in [0.05, 0.1) is 10.9 Å². The molecule has 0 saturated carbocycles. The monoisotopic (exact) mass is 361 g/mol. The van der Waals surface area contributed by atoms with E-state index < -0.39 is 16.1 Å². The van der Waals surface area contributed by atoms with Crippen molar-refractivity contribution in [1.82, 2.24) is 0 Å². The van der Waals surface area contributed by atoms with Gasteiger partial charge in [0.15, 0.2) is 0 Å². The van der Waals surface area contributed by atoms with Crippen LogP contribution in [-0.4, -0.2) is 20.4 Å². The first-order valence-electron chi connectivity index (χ1n) is 7.95. The second-order valence-electron chi connectivity index (χ2n) is 6.25. The number of carbonyl (C=O) groups excluding carboxylic acids is 1. The normalized spacial score (nSPS) is 12.7. The van der Waals surface area contributed by atoms with Crippen LogP contribution in [0, 0.1) is 12.8 Å². The molecule has 2 aromatic rings. The predicted molar refractivity (Wildman–Crippen MR) is 99.9 cm³/mol. The maximum absolute atomic E-state index is 12.3. The van der Waals surface area contributed by atoms with Gasteiger partial charge in [-0.1, -0.05) is 31.5 Å². The minimum atomic E-state index is -3.65. The summed E-state index contributed by atoms with van der Waals surface area (Å²) in [6.07, 6.45) is 0. The highest BCUT2D eigenvalue weighted by atomic mass is 32.2. The molecule has 0 bridgehead atoms. The third-order valence-electron chi connectivity index (χ3n) is 3.76. The molecule has 25 heavy (non-hydrogen) atoms. The topological polar surface area (TPSA) is 101 Å². The summed E-state index contributed by atoms with van der Waals surface area (Å²) in [5.41, 5.74) is 7.74. The Hall–Kier alpha value is -2.38. The van der Waals surface area contributed by atoms with Gasteiger partial charge in [-0.25, -0.2) is 8.42 Å². The number of sulfonamides is 1. The molecule has 1 atom stereocenters. The molecule has 134 valence electrons. The smallest absolute Gasteiger partial charge is 0.261 e. The summed E-state index contributed by atoms with van der Waals surface area (Å²) in [5.74, 6) is -0.247. The second-order valence-corrected chi connectivity index (χ2v) is 7.94. The van der Waals surface area contributed by atoms with E-state index in [-0.39, 0.29) is 16.7 Å². The average Bonchev–Trinajstić information content (AvgIpc) is 2.56. The van der Waals surface area contributed by atoms with Gasteiger partial charge in [0.2, 0.25) is 5.91 Å². The van der Waals surface area contributed by atoms with Gasteiger partial charge >= 0.3 is 0 Å². The first-order chi connectivity index (χ1) is 11.7. The van der Waals surface area contributed by atoms with Crippen LogP contribution < -0.4 is 15.8 Å². The summed E-state index contributed by atoms with van der Waals surface area (Å²) < 4.78 is 27.2. The number of nitrogens with one attached hydrogen (secondary N) is 2. The number of nitrogens with two attached hydrogens (primary N) is 1. The molecule has 0 unspecified atom stereocenters. The molecule has 0 aliphatic rings. The Balaban J connectivity index is 2.07. The summed E-state index contributed by atoms with van der Waals surface area (Å²) in [6.45, 7) is 5.63. The van der Waals surface area contributed by atoms with Gasteiger partial charge in [-0.15, -0.1) is 0 Å². The van der Waals surface area contributed by atoms with E-state index in [4.69, 9.17) is 5.73 Å². The minimum Gasteiger partial charge on any atom is -0.325 e.